The van der Waals surface area contributed by atoms with E-state index in [1.165, 1.54) is 38.6 Å². The Hall–Kier alpha value is -2.61. The Labute approximate surface area is 164 Å². The average Bonchev–Trinajstić information content (AvgIpc) is 3.39. The van der Waals surface area contributed by atoms with Gasteiger partial charge < -0.3 is 15.1 Å². The number of rotatable bonds is 4. The molecule has 0 amide bonds. The second-order valence-corrected chi connectivity index (χ2v) is 7.95. The molecule has 0 radical (unpaired) electrons. The van der Waals surface area contributed by atoms with Gasteiger partial charge in [0.25, 0.3) is 0 Å². The third-order valence-electron chi connectivity index (χ3n) is 6.02. The number of anilines is 2. The lowest BCUT2D eigenvalue weighted by Gasteiger charge is -2.37. The summed E-state index contributed by atoms with van der Waals surface area (Å²) in [5.41, 5.74) is 6.86. The molecule has 1 saturated carbocycles. The predicted molar refractivity (Wildman–Crippen MR) is 108 cm³/mol. The first-order chi connectivity index (χ1) is 13.8. The van der Waals surface area contributed by atoms with Crippen molar-refractivity contribution in [2.24, 2.45) is 5.92 Å². The summed E-state index contributed by atoms with van der Waals surface area (Å²) in [6.45, 7) is 5.34. The van der Waals surface area contributed by atoms with E-state index in [0.717, 1.165) is 37.9 Å². The Balaban J connectivity index is 1.28. The molecule has 8 heteroatoms. The number of fused-ring (bicyclic) bond motifs is 1. The Morgan fingerprint density at radius 1 is 1.07 bits per heavy atom. The van der Waals surface area contributed by atoms with E-state index in [1.807, 2.05) is 18.2 Å². The quantitative estimate of drug-likeness (QED) is 0.743. The van der Waals surface area contributed by atoms with Crippen molar-refractivity contribution in [1.82, 2.24) is 24.5 Å². The Morgan fingerprint density at radius 2 is 1.89 bits per heavy atom. The maximum Gasteiger partial charge on any atom is 0.225 e. The lowest BCUT2D eigenvalue weighted by atomic mass is 9.89. The van der Waals surface area contributed by atoms with Crippen LogP contribution in [0.4, 0.5) is 11.8 Å². The van der Waals surface area contributed by atoms with E-state index < -0.39 is 0 Å². The number of furan rings is 1. The zero-order valence-electron chi connectivity index (χ0n) is 16.1. The average molecular weight is 381 g/mol. The standard InChI is InChI=1S/C20H27N7O/c21-20-23-17(13-18-22-19(24-27(18)20)16-7-4-12-28-16)26-10-8-25(9-11-26)14-15-5-2-1-3-6-15/h4,7,12-13,15H,1-3,5-6,8-11,14H2,(H2,21,23). The van der Waals surface area contributed by atoms with Crippen molar-refractivity contribution in [3.63, 3.8) is 0 Å². The van der Waals surface area contributed by atoms with Crippen molar-refractivity contribution in [1.29, 1.82) is 0 Å². The molecule has 0 atom stereocenters. The van der Waals surface area contributed by atoms with Gasteiger partial charge >= 0.3 is 0 Å². The van der Waals surface area contributed by atoms with E-state index in [-0.39, 0.29) is 0 Å². The summed E-state index contributed by atoms with van der Waals surface area (Å²) < 4.78 is 6.96. The minimum Gasteiger partial charge on any atom is -0.461 e. The van der Waals surface area contributed by atoms with Crippen LogP contribution in [0.2, 0.25) is 0 Å². The van der Waals surface area contributed by atoms with Gasteiger partial charge in [0.05, 0.1) is 6.26 Å². The van der Waals surface area contributed by atoms with Crippen molar-refractivity contribution in [2.45, 2.75) is 32.1 Å². The molecule has 2 aliphatic rings. The number of piperazine rings is 1. The number of nitrogen functional groups attached to an aromatic ring is 1. The topological polar surface area (TPSA) is 88.7 Å². The van der Waals surface area contributed by atoms with Crippen LogP contribution < -0.4 is 10.6 Å². The van der Waals surface area contributed by atoms with Gasteiger partial charge in [-0.15, -0.1) is 5.10 Å². The third kappa shape index (κ3) is 3.44. The monoisotopic (exact) mass is 381 g/mol. The molecule has 2 N–H and O–H groups in total. The van der Waals surface area contributed by atoms with Crippen LogP contribution in [0, 0.1) is 5.92 Å². The molecular weight excluding hydrogens is 354 g/mol. The van der Waals surface area contributed by atoms with Crippen molar-refractivity contribution >= 4 is 17.4 Å². The lowest BCUT2D eigenvalue weighted by Crippen LogP contribution is -2.48. The van der Waals surface area contributed by atoms with Gasteiger partial charge in [-0.2, -0.15) is 9.50 Å². The summed E-state index contributed by atoms with van der Waals surface area (Å²) in [4.78, 5) is 14.1. The SMILES string of the molecule is Nc1nc(N2CCN(CC3CCCCC3)CC2)cc2nc(-c3ccco3)nn12. The van der Waals surface area contributed by atoms with Crippen molar-refractivity contribution in [3.8, 4) is 11.6 Å². The van der Waals surface area contributed by atoms with Crippen molar-refractivity contribution in [2.75, 3.05) is 43.4 Å². The highest BCUT2D eigenvalue weighted by molar-refractivity contribution is 5.59. The van der Waals surface area contributed by atoms with Crippen molar-refractivity contribution < 1.29 is 4.42 Å². The van der Waals surface area contributed by atoms with E-state index in [2.05, 4.69) is 24.9 Å². The normalized spacial score (nSPS) is 19.5. The number of aromatic nitrogens is 4. The molecule has 28 heavy (non-hydrogen) atoms. The second-order valence-electron chi connectivity index (χ2n) is 7.95. The van der Waals surface area contributed by atoms with Crippen LogP contribution in [0.25, 0.3) is 17.2 Å². The summed E-state index contributed by atoms with van der Waals surface area (Å²) in [5, 5.41) is 4.42. The maximum absolute atomic E-state index is 6.16. The summed E-state index contributed by atoms with van der Waals surface area (Å²) in [5.74, 6) is 3.26. The first-order valence-corrected chi connectivity index (χ1v) is 10.3. The molecule has 2 fully saturated rings. The lowest BCUT2D eigenvalue weighted by molar-refractivity contribution is 0.192. The molecule has 8 nitrogen and oxygen atoms in total. The molecule has 148 valence electrons. The summed E-state index contributed by atoms with van der Waals surface area (Å²) in [6, 6.07) is 5.62. The van der Waals surface area contributed by atoms with E-state index in [9.17, 15) is 0 Å². The molecule has 1 saturated heterocycles. The highest BCUT2D eigenvalue weighted by atomic mass is 16.3. The van der Waals surface area contributed by atoms with Crippen LogP contribution >= 0.6 is 0 Å². The zero-order chi connectivity index (χ0) is 18.9. The Morgan fingerprint density at radius 3 is 2.64 bits per heavy atom. The summed E-state index contributed by atoms with van der Waals surface area (Å²) in [7, 11) is 0. The molecule has 0 aromatic carbocycles. The van der Waals surface area contributed by atoms with Crippen molar-refractivity contribution in [3.05, 3.63) is 24.5 Å². The molecule has 0 bridgehead atoms. The van der Waals surface area contributed by atoms with Crippen LogP contribution in [0.3, 0.4) is 0 Å². The Bertz CT molecular complexity index is 922. The second kappa shape index (κ2) is 7.43. The maximum atomic E-state index is 6.16. The molecular formula is C20H27N7O. The third-order valence-corrected chi connectivity index (χ3v) is 6.02. The molecule has 1 aliphatic carbocycles. The van der Waals surface area contributed by atoms with Gasteiger partial charge in [-0.25, -0.2) is 4.98 Å². The van der Waals surface area contributed by atoms with E-state index >= 15 is 0 Å². The fourth-order valence-corrected chi connectivity index (χ4v) is 4.47. The molecule has 3 aromatic heterocycles. The van der Waals surface area contributed by atoms with E-state index in [1.54, 1.807) is 10.8 Å². The smallest absolute Gasteiger partial charge is 0.225 e. The highest BCUT2D eigenvalue weighted by Gasteiger charge is 2.23. The van der Waals surface area contributed by atoms with Gasteiger partial charge in [0.2, 0.25) is 11.8 Å². The fraction of sp³-hybridized carbons (Fsp3) is 0.550. The van der Waals surface area contributed by atoms with Crippen LogP contribution in [-0.4, -0.2) is 57.2 Å². The van der Waals surface area contributed by atoms with Crippen LogP contribution in [0.5, 0.6) is 0 Å². The molecule has 1 aliphatic heterocycles. The van der Waals surface area contributed by atoms with E-state index in [4.69, 9.17) is 10.2 Å². The van der Waals surface area contributed by atoms with Gasteiger partial charge in [0.1, 0.15) is 5.82 Å². The first kappa shape index (κ1) is 17.5. The molecule has 0 spiro atoms. The van der Waals surface area contributed by atoms with Gasteiger partial charge in [0.15, 0.2) is 11.4 Å². The molecule has 3 aromatic rings. The number of nitrogens with two attached hydrogens (primary N) is 1. The zero-order valence-corrected chi connectivity index (χ0v) is 16.1. The number of hydrogen-bond acceptors (Lipinski definition) is 7. The minimum atomic E-state index is 0.349. The van der Waals surface area contributed by atoms with Gasteiger partial charge in [0, 0.05) is 38.8 Å². The number of nitrogens with zero attached hydrogens (tertiary/aromatic N) is 6. The molecule has 4 heterocycles. The summed E-state index contributed by atoms with van der Waals surface area (Å²) >= 11 is 0. The fourth-order valence-electron chi connectivity index (χ4n) is 4.47. The Kier molecular flexibility index (Phi) is 4.64. The first-order valence-electron chi connectivity index (χ1n) is 10.3. The molecule has 5 rings (SSSR count). The minimum absolute atomic E-state index is 0.349. The van der Waals surface area contributed by atoms with Gasteiger partial charge in [-0.1, -0.05) is 19.3 Å². The predicted octanol–water partition coefficient (Wildman–Crippen LogP) is 2.67. The van der Waals surface area contributed by atoms with E-state index in [0.29, 0.717) is 23.2 Å². The van der Waals surface area contributed by atoms with Gasteiger partial charge in [-0.05, 0) is 30.9 Å². The van der Waals surface area contributed by atoms with Gasteiger partial charge in [-0.3, -0.25) is 4.90 Å². The summed E-state index contributed by atoms with van der Waals surface area (Å²) in [6.07, 6.45) is 8.66. The van der Waals surface area contributed by atoms with Crippen LogP contribution in [0.1, 0.15) is 32.1 Å². The van der Waals surface area contributed by atoms with Crippen LogP contribution in [-0.2, 0) is 0 Å². The number of hydrogen-bond donors (Lipinski definition) is 1. The largest absolute Gasteiger partial charge is 0.461 e. The van der Waals surface area contributed by atoms with Crippen LogP contribution in [0.15, 0.2) is 28.9 Å². The molecule has 0 unspecified atom stereocenters. The highest BCUT2D eigenvalue weighted by Crippen LogP contribution is 2.26.